The largest absolute Gasteiger partial charge is 0.497 e. The van der Waals surface area contributed by atoms with Crippen molar-refractivity contribution in [1.82, 2.24) is 5.32 Å². The molecule has 3 rings (SSSR count). The van der Waals surface area contributed by atoms with Crippen LogP contribution in [0.4, 0.5) is 16.2 Å². The van der Waals surface area contributed by atoms with Gasteiger partial charge in [0.15, 0.2) is 5.92 Å². The molecule has 138 valence electrons. The Morgan fingerprint density at radius 1 is 1.19 bits per heavy atom. The maximum atomic E-state index is 12.7. The van der Waals surface area contributed by atoms with Crippen molar-refractivity contribution in [2.45, 2.75) is 0 Å². The number of anilines is 1. The van der Waals surface area contributed by atoms with E-state index in [1.54, 1.807) is 42.5 Å². The Morgan fingerprint density at radius 2 is 1.89 bits per heavy atom. The maximum absolute atomic E-state index is 12.7. The quantitative estimate of drug-likeness (QED) is 0.568. The van der Waals surface area contributed by atoms with Crippen LogP contribution in [-0.2, 0) is 9.59 Å². The number of benzene rings is 2. The summed E-state index contributed by atoms with van der Waals surface area (Å²) in [6.45, 7) is 0. The Bertz CT molecular complexity index is 946. The average Bonchev–Trinajstić information content (AvgIpc) is 2.64. The van der Waals surface area contributed by atoms with Crippen molar-refractivity contribution >= 4 is 63.0 Å². The predicted molar refractivity (Wildman–Crippen MR) is 105 cm³/mol. The summed E-state index contributed by atoms with van der Waals surface area (Å²) in [4.78, 5) is 42.0. The standard InChI is InChI=1S/C18H13BrClN3O4/c1-27-12-5-3-11(4-6-12)23-17(25)13(16(24)22-18(23)26)9-21-10-2-7-14(19)15(20)8-10/h2-9,13H,1H3,(H,22,24,26)/t13-/m1/s1. The van der Waals surface area contributed by atoms with Crippen LogP contribution < -0.4 is 15.0 Å². The lowest BCUT2D eigenvalue weighted by Gasteiger charge is -2.28. The minimum Gasteiger partial charge on any atom is -0.497 e. The number of urea groups is 1. The molecule has 1 aliphatic heterocycles. The molecule has 0 aromatic heterocycles. The molecule has 4 amide bonds. The number of halogens is 2. The number of nitrogens with zero attached hydrogens (tertiary/aromatic N) is 2. The van der Waals surface area contributed by atoms with Crippen molar-refractivity contribution in [3.8, 4) is 5.75 Å². The minimum absolute atomic E-state index is 0.316. The van der Waals surface area contributed by atoms with Gasteiger partial charge in [0.05, 0.1) is 23.5 Å². The first kappa shape index (κ1) is 19.1. The second-order valence-electron chi connectivity index (χ2n) is 5.52. The van der Waals surface area contributed by atoms with E-state index in [1.807, 2.05) is 0 Å². The number of rotatable bonds is 4. The molecule has 9 heteroatoms. The first-order valence-electron chi connectivity index (χ1n) is 7.73. The SMILES string of the molecule is COc1ccc(N2C(=O)NC(=O)[C@@H](C=Nc3ccc(Br)c(Cl)c3)C2=O)cc1. The zero-order chi connectivity index (χ0) is 19.6. The molecule has 0 spiro atoms. The van der Waals surface area contributed by atoms with E-state index in [9.17, 15) is 14.4 Å². The van der Waals surface area contributed by atoms with Crippen LogP contribution in [0.5, 0.6) is 5.75 Å². The molecular formula is C18H13BrClN3O4. The predicted octanol–water partition coefficient (Wildman–Crippen LogP) is 3.71. The highest BCUT2D eigenvalue weighted by Gasteiger charge is 2.40. The van der Waals surface area contributed by atoms with Crippen molar-refractivity contribution < 1.29 is 19.1 Å². The molecule has 1 heterocycles. The smallest absolute Gasteiger partial charge is 0.335 e. The Morgan fingerprint density at radius 3 is 2.52 bits per heavy atom. The van der Waals surface area contributed by atoms with E-state index in [0.717, 1.165) is 4.90 Å². The molecule has 2 aromatic rings. The van der Waals surface area contributed by atoms with Crippen molar-refractivity contribution in [1.29, 1.82) is 0 Å². The Labute approximate surface area is 168 Å². The molecule has 1 saturated heterocycles. The van der Waals surface area contributed by atoms with Gasteiger partial charge in [0.2, 0.25) is 5.91 Å². The molecular weight excluding hydrogens is 438 g/mol. The van der Waals surface area contributed by atoms with Gasteiger partial charge in [-0.3, -0.25) is 19.9 Å². The van der Waals surface area contributed by atoms with Crippen LogP contribution in [0, 0.1) is 5.92 Å². The van der Waals surface area contributed by atoms with E-state index >= 15 is 0 Å². The van der Waals surface area contributed by atoms with Crippen LogP contribution in [-0.4, -0.2) is 31.2 Å². The summed E-state index contributed by atoms with van der Waals surface area (Å²) < 4.78 is 5.76. The second-order valence-corrected chi connectivity index (χ2v) is 6.78. The number of ether oxygens (including phenoxy) is 1. The van der Waals surface area contributed by atoms with Crippen molar-refractivity contribution in [2.75, 3.05) is 12.0 Å². The van der Waals surface area contributed by atoms with Crippen molar-refractivity contribution in [3.05, 3.63) is 52.0 Å². The van der Waals surface area contributed by atoms with E-state index < -0.39 is 23.8 Å². The minimum atomic E-state index is -1.24. The molecule has 7 nitrogen and oxygen atoms in total. The zero-order valence-electron chi connectivity index (χ0n) is 14.0. The molecule has 0 saturated carbocycles. The number of carbonyl (C=O) groups is 3. The van der Waals surface area contributed by atoms with Gasteiger partial charge >= 0.3 is 6.03 Å². The number of carbonyl (C=O) groups excluding carboxylic acids is 3. The van der Waals surface area contributed by atoms with Crippen LogP contribution in [0.1, 0.15) is 0 Å². The zero-order valence-corrected chi connectivity index (χ0v) is 16.3. The van der Waals surface area contributed by atoms with E-state index in [1.165, 1.54) is 13.3 Å². The van der Waals surface area contributed by atoms with Crippen LogP contribution in [0.2, 0.25) is 5.02 Å². The van der Waals surface area contributed by atoms with E-state index in [4.69, 9.17) is 16.3 Å². The van der Waals surface area contributed by atoms with Crippen LogP contribution in [0.25, 0.3) is 0 Å². The normalized spacial score (nSPS) is 17.4. The summed E-state index contributed by atoms with van der Waals surface area (Å²) >= 11 is 9.28. The van der Waals surface area contributed by atoms with Gasteiger partial charge in [-0.15, -0.1) is 0 Å². The van der Waals surface area contributed by atoms with Gasteiger partial charge in [0, 0.05) is 10.7 Å². The number of hydrogen-bond acceptors (Lipinski definition) is 5. The average molecular weight is 451 g/mol. The molecule has 1 N–H and O–H groups in total. The van der Waals surface area contributed by atoms with Crippen molar-refractivity contribution in [2.24, 2.45) is 10.9 Å². The molecule has 0 radical (unpaired) electrons. The lowest BCUT2D eigenvalue weighted by atomic mass is 10.1. The Hall–Kier alpha value is -2.71. The van der Waals surface area contributed by atoms with E-state index in [-0.39, 0.29) is 0 Å². The highest BCUT2D eigenvalue weighted by atomic mass is 79.9. The van der Waals surface area contributed by atoms with Gasteiger partial charge in [0.25, 0.3) is 5.91 Å². The lowest BCUT2D eigenvalue weighted by molar-refractivity contribution is -0.131. The number of aliphatic imine (C=N–C) groups is 1. The Balaban J connectivity index is 1.87. The third-order valence-electron chi connectivity index (χ3n) is 3.81. The third-order valence-corrected chi connectivity index (χ3v) is 5.04. The molecule has 1 aliphatic rings. The molecule has 0 unspecified atom stereocenters. The topological polar surface area (TPSA) is 88.1 Å². The van der Waals surface area contributed by atoms with Crippen LogP contribution in [0.15, 0.2) is 51.9 Å². The summed E-state index contributed by atoms with van der Waals surface area (Å²) in [6, 6.07) is 10.5. The van der Waals surface area contributed by atoms with Gasteiger partial charge in [-0.05, 0) is 58.4 Å². The molecule has 0 bridgehead atoms. The molecule has 2 aromatic carbocycles. The number of barbiturate groups is 1. The fourth-order valence-corrected chi connectivity index (χ4v) is 2.84. The van der Waals surface area contributed by atoms with Crippen LogP contribution >= 0.6 is 27.5 Å². The molecule has 27 heavy (non-hydrogen) atoms. The highest BCUT2D eigenvalue weighted by Crippen LogP contribution is 2.27. The van der Waals surface area contributed by atoms with Gasteiger partial charge in [-0.1, -0.05) is 11.6 Å². The summed E-state index contributed by atoms with van der Waals surface area (Å²) in [5, 5.41) is 2.61. The fourth-order valence-electron chi connectivity index (χ4n) is 2.42. The van der Waals surface area contributed by atoms with Crippen molar-refractivity contribution in [3.63, 3.8) is 0 Å². The monoisotopic (exact) mass is 449 g/mol. The fraction of sp³-hybridized carbons (Fsp3) is 0.111. The molecule has 0 aliphatic carbocycles. The first-order chi connectivity index (χ1) is 12.9. The second kappa shape index (κ2) is 7.89. The van der Waals surface area contributed by atoms with Crippen LogP contribution in [0.3, 0.4) is 0 Å². The molecule has 1 fully saturated rings. The third kappa shape index (κ3) is 4.01. The number of imide groups is 2. The summed E-state index contributed by atoms with van der Waals surface area (Å²) in [5.74, 6) is -2.10. The highest BCUT2D eigenvalue weighted by molar-refractivity contribution is 9.10. The lowest BCUT2D eigenvalue weighted by Crippen LogP contribution is -2.58. The van der Waals surface area contributed by atoms with Gasteiger partial charge < -0.3 is 4.74 Å². The number of methoxy groups -OCH3 is 1. The van der Waals surface area contributed by atoms with E-state index in [0.29, 0.717) is 26.6 Å². The number of hydrogen-bond donors (Lipinski definition) is 1. The van der Waals surface area contributed by atoms with E-state index in [2.05, 4.69) is 26.2 Å². The maximum Gasteiger partial charge on any atom is 0.335 e. The molecule has 1 atom stereocenters. The summed E-state index contributed by atoms with van der Waals surface area (Å²) in [6.07, 6.45) is 1.19. The van der Waals surface area contributed by atoms with Gasteiger partial charge in [-0.2, -0.15) is 0 Å². The summed E-state index contributed by atoms with van der Waals surface area (Å²) in [5.41, 5.74) is 0.785. The number of amides is 4. The summed E-state index contributed by atoms with van der Waals surface area (Å²) in [7, 11) is 1.51. The number of nitrogens with one attached hydrogen (secondary N) is 1. The Kier molecular flexibility index (Phi) is 5.57. The van der Waals surface area contributed by atoms with Gasteiger partial charge in [0.1, 0.15) is 5.75 Å². The first-order valence-corrected chi connectivity index (χ1v) is 8.90. The van der Waals surface area contributed by atoms with Gasteiger partial charge in [-0.25, -0.2) is 9.69 Å².